The van der Waals surface area contributed by atoms with Gasteiger partial charge in [-0.3, -0.25) is 4.18 Å². The van der Waals surface area contributed by atoms with Crippen LogP contribution in [-0.4, -0.2) is 67.6 Å². The molecule has 1 aliphatic heterocycles. The van der Waals surface area contributed by atoms with Gasteiger partial charge < -0.3 is 18.6 Å². The lowest BCUT2D eigenvalue weighted by Crippen LogP contribution is -2.52. The second-order valence-corrected chi connectivity index (χ2v) is 12.7. The topological polar surface area (TPSA) is 80.3 Å². The molecule has 0 bridgehead atoms. The van der Waals surface area contributed by atoms with Crippen molar-refractivity contribution in [2.75, 3.05) is 20.0 Å². The van der Waals surface area contributed by atoms with Crippen LogP contribution in [0, 0.1) is 0 Å². The van der Waals surface area contributed by atoms with Crippen molar-refractivity contribution in [1.82, 2.24) is 0 Å². The summed E-state index contributed by atoms with van der Waals surface area (Å²) in [5.41, 5.74) is -0.425. The van der Waals surface area contributed by atoms with E-state index in [1.54, 1.807) is 0 Å². The third-order valence-electron chi connectivity index (χ3n) is 4.96. The molecule has 32 heavy (non-hydrogen) atoms. The number of hydrogen-bond acceptors (Lipinski definition) is 7. The molecule has 1 aliphatic rings. The van der Waals surface area contributed by atoms with E-state index in [0.717, 1.165) is 16.6 Å². The summed E-state index contributed by atoms with van der Waals surface area (Å²) < 4.78 is 53.8. The minimum atomic E-state index is -3.78. The Hall–Kier alpha value is -1.59. The first-order valence-corrected chi connectivity index (χ1v) is 14.0. The maximum atomic E-state index is 12.1. The van der Waals surface area contributed by atoms with Gasteiger partial charge in [0.1, 0.15) is 18.3 Å². The van der Waals surface area contributed by atoms with Gasteiger partial charge in [-0.05, 0) is 31.1 Å². The van der Waals surface area contributed by atoms with Gasteiger partial charge in [-0.1, -0.05) is 60.7 Å². The summed E-state index contributed by atoms with van der Waals surface area (Å²) in [6.45, 7) is 5.91. The van der Waals surface area contributed by atoms with E-state index in [9.17, 15) is 8.42 Å². The lowest BCUT2D eigenvalue weighted by Gasteiger charge is -2.28. The molecule has 1 unspecified atom stereocenters. The maximum Gasteiger partial charge on any atom is 0.264 e. The van der Waals surface area contributed by atoms with Gasteiger partial charge in [0, 0.05) is 7.11 Å². The third kappa shape index (κ3) is 6.95. The molecule has 0 aromatic heterocycles. The minimum Gasteiger partial charge on any atom is -0.400 e. The van der Waals surface area contributed by atoms with Gasteiger partial charge in [0.15, 0.2) is 6.29 Å². The highest BCUT2D eigenvalue weighted by molar-refractivity contribution is 7.86. The molecule has 9 heteroatoms. The van der Waals surface area contributed by atoms with Crippen LogP contribution in [0.25, 0.3) is 0 Å². The summed E-state index contributed by atoms with van der Waals surface area (Å²) >= 11 is 0. The summed E-state index contributed by atoms with van der Waals surface area (Å²) in [5, 5.41) is 2.11. The molecule has 1 heterocycles. The highest BCUT2D eigenvalue weighted by Crippen LogP contribution is 2.30. The molecule has 2 aromatic rings. The lowest BCUT2D eigenvalue weighted by molar-refractivity contribution is -0.160. The van der Waals surface area contributed by atoms with Crippen molar-refractivity contribution in [2.45, 2.75) is 51.0 Å². The zero-order valence-electron chi connectivity index (χ0n) is 19.1. The fourth-order valence-electron chi connectivity index (χ4n) is 3.57. The molecule has 0 amide bonds. The van der Waals surface area contributed by atoms with Gasteiger partial charge in [-0.2, -0.15) is 8.42 Å². The van der Waals surface area contributed by atoms with Crippen molar-refractivity contribution in [2.24, 2.45) is 0 Å². The van der Waals surface area contributed by atoms with Gasteiger partial charge in [0.2, 0.25) is 9.04 Å². The Labute approximate surface area is 192 Å². The van der Waals surface area contributed by atoms with Crippen molar-refractivity contribution in [3.63, 3.8) is 0 Å². The Bertz CT molecular complexity index is 908. The van der Waals surface area contributed by atoms with Crippen LogP contribution >= 0.6 is 0 Å². The Kier molecular flexibility index (Phi) is 8.26. The minimum absolute atomic E-state index is 0.145. The van der Waals surface area contributed by atoms with Gasteiger partial charge >= 0.3 is 0 Å². The third-order valence-corrected chi connectivity index (χ3v) is 8.10. The number of ether oxygens (including phenoxy) is 3. The number of benzene rings is 2. The van der Waals surface area contributed by atoms with Crippen LogP contribution in [0.1, 0.15) is 20.8 Å². The lowest BCUT2D eigenvalue weighted by atomic mass is 10.1. The molecule has 0 radical (unpaired) electrons. The molecule has 3 rings (SSSR count). The summed E-state index contributed by atoms with van der Waals surface area (Å²) in [4.78, 5) is 0. The summed E-state index contributed by atoms with van der Waals surface area (Å²) in [5.74, 6) is 0. The first-order chi connectivity index (χ1) is 15.1. The summed E-state index contributed by atoms with van der Waals surface area (Å²) in [7, 11) is -4.49. The SMILES string of the molecule is COC1O[C@H](COC(C)(C)C)[C@H](OS(C)(=O)=O)[C@H]1O[SiH](c1ccccc1)c1ccccc1. The maximum absolute atomic E-state index is 12.1. The van der Waals surface area contributed by atoms with Crippen molar-refractivity contribution in [3.05, 3.63) is 60.7 Å². The highest BCUT2D eigenvalue weighted by atomic mass is 32.2. The fraction of sp³-hybridized carbons (Fsp3) is 0.478. The molecular formula is C23H32O7SSi. The van der Waals surface area contributed by atoms with E-state index < -0.39 is 49.4 Å². The van der Waals surface area contributed by atoms with Gasteiger partial charge in [-0.15, -0.1) is 0 Å². The second kappa shape index (κ2) is 10.6. The van der Waals surface area contributed by atoms with E-state index >= 15 is 0 Å². The van der Waals surface area contributed by atoms with E-state index in [4.69, 9.17) is 22.8 Å². The van der Waals surface area contributed by atoms with E-state index in [1.807, 2.05) is 81.4 Å². The zero-order chi connectivity index (χ0) is 23.4. The average molecular weight is 481 g/mol. The van der Waals surface area contributed by atoms with Crippen LogP contribution < -0.4 is 10.4 Å². The Morgan fingerprint density at radius 1 is 0.938 bits per heavy atom. The quantitative estimate of drug-likeness (QED) is 0.397. The van der Waals surface area contributed by atoms with Crippen molar-refractivity contribution >= 4 is 29.5 Å². The van der Waals surface area contributed by atoms with Crippen LogP contribution in [0.5, 0.6) is 0 Å². The molecular weight excluding hydrogens is 448 g/mol. The molecule has 1 saturated heterocycles. The van der Waals surface area contributed by atoms with E-state index in [0.29, 0.717) is 0 Å². The normalized spacial score (nSPS) is 24.2. The molecule has 176 valence electrons. The molecule has 0 spiro atoms. The van der Waals surface area contributed by atoms with Crippen LogP contribution in [0.4, 0.5) is 0 Å². The average Bonchev–Trinajstić information content (AvgIpc) is 3.06. The molecule has 2 aromatic carbocycles. The van der Waals surface area contributed by atoms with Crippen LogP contribution in [0.2, 0.25) is 0 Å². The van der Waals surface area contributed by atoms with Crippen molar-refractivity contribution < 1.29 is 31.2 Å². The first kappa shape index (κ1) is 25.0. The van der Waals surface area contributed by atoms with Crippen molar-refractivity contribution in [1.29, 1.82) is 0 Å². The Balaban J connectivity index is 1.94. The second-order valence-electron chi connectivity index (χ2n) is 8.77. The van der Waals surface area contributed by atoms with Gasteiger partial charge in [-0.25, -0.2) is 0 Å². The zero-order valence-corrected chi connectivity index (χ0v) is 21.1. The molecule has 1 fully saturated rings. The van der Waals surface area contributed by atoms with Crippen LogP contribution in [-0.2, 0) is 32.9 Å². The molecule has 4 atom stereocenters. The Morgan fingerprint density at radius 3 is 1.91 bits per heavy atom. The van der Waals surface area contributed by atoms with Crippen LogP contribution in [0.15, 0.2) is 60.7 Å². The molecule has 0 N–H and O–H groups in total. The molecule has 7 nitrogen and oxygen atoms in total. The van der Waals surface area contributed by atoms with Crippen molar-refractivity contribution in [3.8, 4) is 0 Å². The largest absolute Gasteiger partial charge is 0.400 e. The van der Waals surface area contributed by atoms with E-state index in [1.165, 1.54) is 7.11 Å². The summed E-state index contributed by atoms with van der Waals surface area (Å²) in [6.07, 6.45) is -2.09. The molecule has 0 aliphatic carbocycles. The van der Waals surface area contributed by atoms with E-state index in [2.05, 4.69) is 0 Å². The van der Waals surface area contributed by atoms with Crippen LogP contribution in [0.3, 0.4) is 0 Å². The highest BCUT2D eigenvalue weighted by Gasteiger charge is 2.49. The first-order valence-electron chi connectivity index (χ1n) is 10.5. The predicted molar refractivity (Wildman–Crippen MR) is 125 cm³/mol. The fourth-order valence-corrected chi connectivity index (χ4v) is 6.65. The smallest absolute Gasteiger partial charge is 0.264 e. The Morgan fingerprint density at radius 2 is 1.47 bits per heavy atom. The van der Waals surface area contributed by atoms with Gasteiger partial charge in [0.25, 0.3) is 10.1 Å². The van der Waals surface area contributed by atoms with Gasteiger partial charge in [0.05, 0.1) is 18.5 Å². The standard InChI is InChI=1S/C23H32O7SSi/c1-23(2,3)27-16-19-20(29-31(5,24)25)21(22(26-4)28-19)30-32(17-12-8-6-9-13-17)18-14-10-7-11-15-18/h6-15,19-22,32H,16H2,1-5H3/t19-,20+,21-,22?/m1/s1. The predicted octanol–water partition coefficient (Wildman–Crippen LogP) is 1.44. The number of methoxy groups -OCH3 is 1. The summed E-state index contributed by atoms with van der Waals surface area (Å²) in [6, 6.07) is 19.8. The monoisotopic (exact) mass is 480 g/mol. The van der Waals surface area contributed by atoms with E-state index in [-0.39, 0.29) is 6.61 Å². The number of hydrogen-bond donors (Lipinski definition) is 0. The number of rotatable bonds is 9. The molecule has 0 saturated carbocycles.